The van der Waals surface area contributed by atoms with Gasteiger partial charge in [0, 0.05) is 32.3 Å². The third-order valence-corrected chi connectivity index (χ3v) is 5.25. The predicted octanol–water partition coefficient (Wildman–Crippen LogP) is 2.02. The standard InChI is InChI=1S/C22H22F2N4O5/c1-21(2,31)18-12-15(13-25-26-18)20(30)28-9-7-27(8-10-28)19(29)6-4-14-3-5-16-17(11-14)33-22(23,24)32-16/h3-6,11-13,31H,7-10H2,1-2H3/b6-4+. The highest BCUT2D eigenvalue weighted by molar-refractivity contribution is 5.95. The van der Waals surface area contributed by atoms with E-state index in [0.717, 1.165) is 0 Å². The second-order valence-electron chi connectivity index (χ2n) is 8.21. The topological polar surface area (TPSA) is 105 Å². The SMILES string of the molecule is CC(C)(O)c1cc(C(=O)N2CCN(C(=O)/C=C/c3ccc4c(c3)OC(F)(F)O4)CC2)cnn1. The molecule has 0 aliphatic carbocycles. The molecule has 0 unspecified atom stereocenters. The number of aromatic nitrogens is 2. The Morgan fingerprint density at radius 2 is 1.76 bits per heavy atom. The second kappa shape index (κ2) is 8.39. The summed E-state index contributed by atoms with van der Waals surface area (Å²) in [5, 5.41) is 17.7. The first-order valence-electron chi connectivity index (χ1n) is 10.2. The van der Waals surface area contributed by atoms with E-state index in [1.807, 2.05) is 0 Å². The van der Waals surface area contributed by atoms with Crippen molar-refractivity contribution in [2.24, 2.45) is 0 Å². The Morgan fingerprint density at radius 1 is 1.09 bits per heavy atom. The average Bonchev–Trinajstić information content (AvgIpc) is 3.09. The molecule has 11 heteroatoms. The smallest absolute Gasteiger partial charge is 0.395 e. The Balaban J connectivity index is 1.34. The van der Waals surface area contributed by atoms with Crippen LogP contribution >= 0.6 is 0 Å². The molecular weight excluding hydrogens is 438 g/mol. The molecule has 0 spiro atoms. The maximum absolute atomic E-state index is 13.1. The van der Waals surface area contributed by atoms with Crippen LogP contribution in [0.1, 0.15) is 35.5 Å². The molecule has 0 radical (unpaired) electrons. The average molecular weight is 460 g/mol. The van der Waals surface area contributed by atoms with Gasteiger partial charge in [0.2, 0.25) is 5.91 Å². The van der Waals surface area contributed by atoms with Gasteiger partial charge in [-0.2, -0.15) is 10.2 Å². The molecule has 0 saturated carbocycles. The first-order valence-corrected chi connectivity index (χ1v) is 10.2. The molecule has 1 saturated heterocycles. The van der Waals surface area contributed by atoms with Crippen molar-refractivity contribution in [1.82, 2.24) is 20.0 Å². The molecule has 0 atom stereocenters. The summed E-state index contributed by atoms with van der Waals surface area (Å²) >= 11 is 0. The van der Waals surface area contributed by atoms with Crippen LogP contribution in [0.2, 0.25) is 0 Å². The van der Waals surface area contributed by atoms with E-state index in [9.17, 15) is 23.5 Å². The minimum atomic E-state index is -3.69. The Labute approximate surface area is 188 Å². The molecule has 2 aliphatic heterocycles. The summed E-state index contributed by atoms with van der Waals surface area (Å²) in [4.78, 5) is 28.5. The highest BCUT2D eigenvalue weighted by Gasteiger charge is 2.43. The monoisotopic (exact) mass is 460 g/mol. The van der Waals surface area contributed by atoms with Gasteiger partial charge in [0.1, 0.15) is 5.60 Å². The predicted molar refractivity (Wildman–Crippen MR) is 111 cm³/mol. The fourth-order valence-corrected chi connectivity index (χ4v) is 3.44. The lowest BCUT2D eigenvalue weighted by molar-refractivity contribution is -0.286. The van der Waals surface area contributed by atoms with Crippen molar-refractivity contribution in [1.29, 1.82) is 0 Å². The van der Waals surface area contributed by atoms with Gasteiger partial charge in [-0.1, -0.05) is 6.07 Å². The maximum Gasteiger partial charge on any atom is 0.586 e. The van der Waals surface area contributed by atoms with Crippen LogP contribution in [0.15, 0.2) is 36.5 Å². The molecule has 3 heterocycles. The van der Waals surface area contributed by atoms with Gasteiger partial charge >= 0.3 is 6.29 Å². The molecule has 1 aromatic heterocycles. The van der Waals surface area contributed by atoms with Crippen LogP contribution in [-0.4, -0.2) is 69.4 Å². The Hall–Kier alpha value is -3.60. The molecule has 174 valence electrons. The molecule has 0 bridgehead atoms. The van der Waals surface area contributed by atoms with Crippen LogP contribution in [0.25, 0.3) is 6.08 Å². The van der Waals surface area contributed by atoms with E-state index < -0.39 is 11.9 Å². The zero-order chi connectivity index (χ0) is 23.8. The Kier molecular flexibility index (Phi) is 5.75. The number of ether oxygens (including phenoxy) is 2. The molecule has 9 nitrogen and oxygen atoms in total. The van der Waals surface area contributed by atoms with Crippen molar-refractivity contribution >= 4 is 17.9 Å². The highest BCUT2D eigenvalue weighted by Crippen LogP contribution is 2.41. The van der Waals surface area contributed by atoms with Gasteiger partial charge in [0.15, 0.2) is 11.5 Å². The zero-order valence-electron chi connectivity index (χ0n) is 18.0. The van der Waals surface area contributed by atoms with E-state index in [0.29, 0.717) is 43.0 Å². The number of carbonyl (C=O) groups is 2. The number of aliphatic hydroxyl groups is 1. The van der Waals surface area contributed by atoms with Crippen molar-refractivity contribution in [2.75, 3.05) is 26.2 Å². The van der Waals surface area contributed by atoms with Crippen LogP contribution in [-0.2, 0) is 10.4 Å². The van der Waals surface area contributed by atoms with Gasteiger partial charge in [-0.3, -0.25) is 9.59 Å². The third-order valence-electron chi connectivity index (χ3n) is 5.25. The first-order chi connectivity index (χ1) is 15.5. The van der Waals surface area contributed by atoms with Gasteiger partial charge < -0.3 is 24.4 Å². The summed E-state index contributed by atoms with van der Waals surface area (Å²) < 4.78 is 35.0. The lowest BCUT2D eigenvalue weighted by atomic mass is 10.0. The molecule has 2 amide bonds. The number of carbonyl (C=O) groups excluding carboxylic acids is 2. The number of hydrogen-bond donors (Lipinski definition) is 1. The molecular formula is C22H22F2N4O5. The molecule has 1 fully saturated rings. The summed E-state index contributed by atoms with van der Waals surface area (Å²) in [6.45, 7) is 4.44. The Bertz CT molecular complexity index is 1110. The fraction of sp³-hybridized carbons (Fsp3) is 0.364. The van der Waals surface area contributed by atoms with Gasteiger partial charge in [-0.05, 0) is 43.7 Å². The van der Waals surface area contributed by atoms with Gasteiger partial charge in [-0.25, -0.2) is 0 Å². The summed E-state index contributed by atoms with van der Waals surface area (Å²) in [6, 6.07) is 5.76. The maximum atomic E-state index is 13.1. The Morgan fingerprint density at radius 3 is 2.45 bits per heavy atom. The van der Waals surface area contributed by atoms with E-state index in [2.05, 4.69) is 19.7 Å². The molecule has 1 aromatic carbocycles. The number of amides is 2. The second-order valence-corrected chi connectivity index (χ2v) is 8.21. The molecule has 2 aromatic rings. The van der Waals surface area contributed by atoms with Crippen LogP contribution in [0.5, 0.6) is 11.5 Å². The summed E-state index contributed by atoms with van der Waals surface area (Å²) in [5.74, 6) is -0.682. The highest BCUT2D eigenvalue weighted by atomic mass is 19.3. The number of benzene rings is 1. The zero-order valence-corrected chi connectivity index (χ0v) is 18.0. The summed E-state index contributed by atoms with van der Waals surface area (Å²) in [6.07, 6.45) is 0.495. The molecule has 1 N–H and O–H groups in total. The molecule has 2 aliphatic rings. The number of halogens is 2. The number of nitrogens with zero attached hydrogens (tertiary/aromatic N) is 4. The van der Waals surface area contributed by atoms with Crippen molar-refractivity contribution in [3.8, 4) is 11.5 Å². The minimum absolute atomic E-state index is 0.0664. The van der Waals surface area contributed by atoms with Crippen molar-refractivity contribution < 1.29 is 33.0 Å². The fourth-order valence-electron chi connectivity index (χ4n) is 3.44. The van der Waals surface area contributed by atoms with Crippen molar-refractivity contribution in [2.45, 2.75) is 25.7 Å². The van der Waals surface area contributed by atoms with Crippen molar-refractivity contribution in [3.63, 3.8) is 0 Å². The third kappa shape index (κ3) is 5.08. The van der Waals surface area contributed by atoms with Crippen LogP contribution < -0.4 is 9.47 Å². The summed E-state index contributed by atoms with van der Waals surface area (Å²) in [7, 11) is 0. The number of piperazine rings is 1. The lowest BCUT2D eigenvalue weighted by Crippen LogP contribution is -2.50. The van der Waals surface area contributed by atoms with Crippen LogP contribution in [0.4, 0.5) is 8.78 Å². The largest absolute Gasteiger partial charge is 0.586 e. The first kappa shape index (κ1) is 22.6. The lowest BCUT2D eigenvalue weighted by Gasteiger charge is -2.34. The van der Waals surface area contributed by atoms with Crippen LogP contribution in [0, 0.1) is 0 Å². The number of rotatable bonds is 4. The van der Waals surface area contributed by atoms with Crippen LogP contribution in [0.3, 0.4) is 0 Å². The molecule has 33 heavy (non-hydrogen) atoms. The van der Waals surface area contributed by atoms with E-state index in [1.54, 1.807) is 23.6 Å². The van der Waals surface area contributed by atoms with Gasteiger partial charge in [0.25, 0.3) is 5.91 Å². The molecule has 4 rings (SSSR count). The van der Waals surface area contributed by atoms with E-state index in [1.165, 1.54) is 42.6 Å². The number of alkyl halides is 2. The van der Waals surface area contributed by atoms with Gasteiger partial charge in [-0.15, -0.1) is 8.78 Å². The van der Waals surface area contributed by atoms with E-state index in [-0.39, 0.29) is 23.3 Å². The normalized spacial score (nSPS) is 17.5. The number of fused-ring (bicyclic) bond motifs is 1. The summed E-state index contributed by atoms with van der Waals surface area (Å²) in [5.41, 5.74) is -0.112. The minimum Gasteiger partial charge on any atom is -0.395 e. The van der Waals surface area contributed by atoms with E-state index >= 15 is 0 Å². The van der Waals surface area contributed by atoms with Crippen molar-refractivity contribution in [3.05, 3.63) is 53.4 Å². The number of hydrogen-bond acceptors (Lipinski definition) is 7. The quantitative estimate of drug-likeness (QED) is 0.696. The van der Waals surface area contributed by atoms with Gasteiger partial charge in [0.05, 0.1) is 17.5 Å². The van der Waals surface area contributed by atoms with E-state index in [4.69, 9.17) is 0 Å².